The van der Waals surface area contributed by atoms with E-state index in [1.165, 1.54) is 18.4 Å². The van der Waals surface area contributed by atoms with Crippen molar-refractivity contribution >= 4 is 34.7 Å². The van der Waals surface area contributed by atoms with E-state index < -0.39 is 17.2 Å². The number of fused-ring (bicyclic) bond motifs is 1. The second kappa shape index (κ2) is 8.92. The number of aryl methyl sites for hydroxylation is 1. The second-order valence-electron chi connectivity index (χ2n) is 6.37. The van der Waals surface area contributed by atoms with Crippen LogP contribution in [0.5, 0.6) is 0 Å². The van der Waals surface area contributed by atoms with Crippen molar-refractivity contribution in [1.82, 2.24) is 5.43 Å². The molecule has 1 aromatic heterocycles. The Balaban J connectivity index is 1.52. The van der Waals surface area contributed by atoms with E-state index in [2.05, 4.69) is 15.8 Å². The van der Waals surface area contributed by atoms with Crippen molar-refractivity contribution in [3.8, 4) is 0 Å². The van der Waals surface area contributed by atoms with Gasteiger partial charge in [0.05, 0.1) is 17.2 Å². The summed E-state index contributed by atoms with van der Waals surface area (Å²) in [6.45, 7) is 1.94. The molecule has 0 fully saturated rings. The van der Waals surface area contributed by atoms with Gasteiger partial charge in [-0.2, -0.15) is 5.10 Å². The molecule has 2 N–H and O–H groups in total. The summed E-state index contributed by atoms with van der Waals surface area (Å²) in [6.07, 6.45) is 2.19. The van der Waals surface area contributed by atoms with Crippen LogP contribution in [0.3, 0.4) is 0 Å². The Morgan fingerprint density at radius 3 is 2.59 bits per heavy atom. The maximum Gasteiger partial charge on any atom is 0.240 e. The van der Waals surface area contributed by atoms with E-state index in [4.69, 9.17) is 4.42 Å². The van der Waals surface area contributed by atoms with Crippen LogP contribution in [0.4, 0.5) is 10.1 Å². The van der Waals surface area contributed by atoms with E-state index in [1.54, 1.807) is 12.1 Å². The summed E-state index contributed by atoms with van der Waals surface area (Å²) in [6, 6.07) is 10.9. The zero-order valence-corrected chi connectivity index (χ0v) is 15.6. The molecular formula is C21H18FN3O4. The fourth-order valence-corrected chi connectivity index (χ4v) is 2.52. The normalized spacial score (nSPS) is 11.0. The maximum atomic E-state index is 13.3. The molecule has 2 aromatic carbocycles. The molecule has 8 heteroatoms. The van der Waals surface area contributed by atoms with E-state index in [-0.39, 0.29) is 35.3 Å². The molecule has 0 unspecified atom stereocenters. The summed E-state index contributed by atoms with van der Waals surface area (Å²) >= 11 is 0. The molecule has 0 aliphatic heterocycles. The highest BCUT2D eigenvalue weighted by atomic mass is 19.1. The summed E-state index contributed by atoms with van der Waals surface area (Å²) in [7, 11) is 0. The molecule has 0 aliphatic carbocycles. The average Bonchev–Trinajstić information content (AvgIpc) is 2.70. The Kier molecular flexibility index (Phi) is 6.13. The quantitative estimate of drug-likeness (QED) is 0.495. The average molecular weight is 395 g/mol. The number of amides is 2. The van der Waals surface area contributed by atoms with Crippen LogP contribution in [0.15, 0.2) is 63.0 Å². The maximum absolute atomic E-state index is 13.3. The molecule has 3 rings (SSSR count). The van der Waals surface area contributed by atoms with Gasteiger partial charge in [0.25, 0.3) is 0 Å². The predicted octanol–water partition coefficient (Wildman–Crippen LogP) is 3.11. The largest absolute Gasteiger partial charge is 0.463 e. The number of hydrogen-bond acceptors (Lipinski definition) is 5. The Labute approximate surface area is 165 Å². The van der Waals surface area contributed by atoms with E-state index in [0.717, 1.165) is 17.8 Å². The molecule has 0 atom stereocenters. The van der Waals surface area contributed by atoms with Crippen LogP contribution in [0.1, 0.15) is 24.0 Å². The van der Waals surface area contributed by atoms with Gasteiger partial charge in [-0.1, -0.05) is 17.7 Å². The molecule has 7 nitrogen and oxygen atoms in total. The van der Waals surface area contributed by atoms with Gasteiger partial charge in [-0.05, 0) is 37.3 Å². The van der Waals surface area contributed by atoms with Gasteiger partial charge in [0, 0.05) is 18.5 Å². The minimum absolute atomic E-state index is 0.0212. The van der Waals surface area contributed by atoms with Crippen LogP contribution in [-0.2, 0) is 9.59 Å². The zero-order valence-electron chi connectivity index (χ0n) is 15.6. The lowest BCUT2D eigenvalue weighted by Crippen LogP contribution is -2.21. The van der Waals surface area contributed by atoms with Gasteiger partial charge >= 0.3 is 0 Å². The number of rotatable bonds is 6. The lowest BCUT2D eigenvalue weighted by atomic mass is 10.2. The van der Waals surface area contributed by atoms with Gasteiger partial charge in [-0.3, -0.25) is 14.4 Å². The second-order valence-corrected chi connectivity index (χ2v) is 6.37. The molecule has 0 radical (unpaired) electrons. The Bertz CT molecular complexity index is 1140. The molecule has 2 amide bonds. The van der Waals surface area contributed by atoms with E-state index in [0.29, 0.717) is 5.69 Å². The molecule has 0 bridgehead atoms. The molecule has 0 aliphatic rings. The van der Waals surface area contributed by atoms with Crippen molar-refractivity contribution in [2.75, 3.05) is 5.32 Å². The summed E-state index contributed by atoms with van der Waals surface area (Å²) < 4.78 is 18.6. The van der Waals surface area contributed by atoms with Gasteiger partial charge in [-0.15, -0.1) is 0 Å². The highest BCUT2D eigenvalue weighted by Gasteiger charge is 2.08. The first-order valence-corrected chi connectivity index (χ1v) is 8.82. The van der Waals surface area contributed by atoms with Crippen LogP contribution in [0, 0.1) is 12.7 Å². The first-order chi connectivity index (χ1) is 13.9. The van der Waals surface area contributed by atoms with Crippen LogP contribution in [0.25, 0.3) is 11.0 Å². The van der Waals surface area contributed by atoms with Crippen molar-refractivity contribution in [1.29, 1.82) is 0 Å². The highest BCUT2D eigenvalue weighted by Crippen LogP contribution is 2.12. The number of nitrogens with one attached hydrogen (secondary N) is 2. The third kappa shape index (κ3) is 5.35. The Morgan fingerprint density at radius 1 is 1.10 bits per heavy atom. The minimum Gasteiger partial charge on any atom is -0.463 e. The smallest absolute Gasteiger partial charge is 0.240 e. The van der Waals surface area contributed by atoms with E-state index in [1.807, 2.05) is 19.1 Å². The van der Waals surface area contributed by atoms with Crippen LogP contribution in [0.2, 0.25) is 0 Å². The summed E-state index contributed by atoms with van der Waals surface area (Å²) in [5.41, 5.74) is 3.80. The third-order valence-electron chi connectivity index (χ3n) is 4.07. The zero-order chi connectivity index (χ0) is 20.8. The van der Waals surface area contributed by atoms with E-state index in [9.17, 15) is 18.8 Å². The molecule has 148 valence electrons. The first kappa shape index (κ1) is 19.9. The number of halogens is 1. The minimum atomic E-state index is -0.559. The van der Waals surface area contributed by atoms with Crippen molar-refractivity contribution in [2.45, 2.75) is 19.8 Å². The van der Waals surface area contributed by atoms with Crippen LogP contribution >= 0.6 is 0 Å². The van der Waals surface area contributed by atoms with E-state index >= 15 is 0 Å². The lowest BCUT2D eigenvalue weighted by Gasteiger charge is -2.05. The molecule has 1 heterocycles. The van der Waals surface area contributed by atoms with Crippen molar-refractivity contribution in [2.24, 2.45) is 5.10 Å². The topological polar surface area (TPSA) is 101 Å². The number of benzene rings is 2. The summed E-state index contributed by atoms with van der Waals surface area (Å²) in [5.74, 6) is -1.35. The number of nitrogens with zero attached hydrogens (tertiary/aromatic N) is 1. The number of hydrazone groups is 1. The Morgan fingerprint density at radius 2 is 1.83 bits per heavy atom. The molecule has 0 spiro atoms. The van der Waals surface area contributed by atoms with Gasteiger partial charge in [0.1, 0.15) is 17.7 Å². The number of hydrogen-bond donors (Lipinski definition) is 2. The fraction of sp³-hybridized carbons (Fsp3) is 0.143. The Hall–Kier alpha value is -3.81. The highest BCUT2D eigenvalue weighted by molar-refractivity contribution is 5.93. The molecular weight excluding hydrogens is 377 g/mol. The monoisotopic (exact) mass is 395 g/mol. The lowest BCUT2D eigenvalue weighted by molar-refractivity contribution is -0.124. The first-order valence-electron chi connectivity index (χ1n) is 8.82. The predicted molar refractivity (Wildman–Crippen MR) is 107 cm³/mol. The molecule has 3 aromatic rings. The standard InChI is InChI=1S/C21H18FN3O4/c1-13-2-5-16(6-3-13)24-19(26)8-9-20(27)25-23-11-14-12-29-18-7-4-15(22)10-17(18)21(14)28/h2-7,10-12H,8-9H2,1H3,(H,24,26)(H,25,27). The van der Waals surface area contributed by atoms with Crippen molar-refractivity contribution < 1.29 is 18.4 Å². The summed E-state index contributed by atoms with van der Waals surface area (Å²) in [5, 5.41) is 6.46. The number of anilines is 1. The van der Waals surface area contributed by atoms with Crippen LogP contribution < -0.4 is 16.2 Å². The fourth-order valence-electron chi connectivity index (χ4n) is 2.52. The van der Waals surface area contributed by atoms with Crippen molar-refractivity contribution in [3.63, 3.8) is 0 Å². The molecule has 29 heavy (non-hydrogen) atoms. The van der Waals surface area contributed by atoms with Crippen molar-refractivity contribution in [3.05, 3.63) is 75.9 Å². The molecule has 0 saturated carbocycles. The summed E-state index contributed by atoms with van der Waals surface area (Å²) in [4.78, 5) is 36.0. The third-order valence-corrected chi connectivity index (χ3v) is 4.07. The molecule has 0 saturated heterocycles. The SMILES string of the molecule is Cc1ccc(NC(=O)CCC(=O)NN=Cc2coc3ccc(F)cc3c2=O)cc1. The van der Waals surface area contributed by atoms with Gasteiger partial charge in [0.2, 0.25) is 17.2 Å². The van der Waals surface area contributed by atoms with Gasteiger partial charge < -0.3 is 9.73 Å². The number of carbonyl (C=O) groups is 2. The van der Waals surface area contributed by atoms with Crippen LogP contribution in [-0.4, -0.2) is 18.0 Å². The van der Waals surface area contributed by atoms with Gasteiger partial charge in [-0.25, -0.2) is 9.82 Å². The number of carbonyl (C=O) groups excluding carboxylic acids is 2. The van der Waals surface area contributed by atoms with Gasteiger partial charge in [0.15, 0.2) is 0 Å².